The van der Waals surface area contributed by atoms with E-state index in [1.807, 2.05) is 19.1 Å². The molecule has 4 nitrogen and oxygen atoms in total. The summed E-state index contributed by atoms with van der Waals surface area (Å²) < 4.78 is 27.6. The molecule has 1 atom stereocenters. The standard InChI is InChI=1S/C14H22N2O2S/c1-11-4-6-12(7-5-11)19(17,18)16-13-8-9-15-10-14(13,2)3/h4-7,13,15-16H,8-10H2,1-3H3. The van der Waals surface area contributed by atoms with Crippen LogP contribution >= 0.6 is 0 Å². The van der Waals surface area contributed by atoms with E-state index in [9.17, 15) is 8.42 Å². The molecule has 1 saturated heterocycles. The van der Waals surface area contributed by atoms with Crippen LogP contribution in [-0.4, -0.2) is 27.5 Å². The van der Waals surface area contributed by atoms with Gasteiger partial charge in [-0.2, -0.15) is 0 Å². The molecule has 2 N–H and O–H groups in total. The summed E-state index contributed by atoms with van der Waals surface area (Å²) in [6, 6.07) is 6.93. The first-order valence-corrected chi connectivity index (χ1v) is 8.09. The summed E-state index contributed by atoms with van der Waals surface area (Å²) in [4.78, 5) is 0.340. The smallest absolute Gasteiger partial charge is 0.240 e. The van der Waals surface area contributed by atoms with Gasteiger partial charge in [0.1, 0.15) is 0 Å². The molecule has 106 valence electrons. The summed E-state index contributed by atoms with van der Waals surface area (Å²) >= 11 is 0. The Morgan fingerprint density at radius 3 is 2.47 bits per heavy atom. The lowest BCUT2D eigenvalue weighted by Gasteiger charge is -2.39. The number of rotatable bonds is 3. The number of benzene rings is 1. The first-order chi connectivity index (χ1) is 8.81. The van der Waals surface area contributed by atoms with Gasteiger partial charge in [-0.15, -0.1) is 0 Å². The maximum Gasteiger partial charge on any atom is 0.240 e. The minimum atomic E-state index is -3.43. The van der Waals surface area contributed by atoms with Gasteiger partial charge in [-0.3, -0.25) is 0 Å². The van der Waals surface area contributed by atoms with Crippen molar-refractivity contribution in [3.05, 3.63) is 29.8 Å². The highest BCUT2D eigenvalue weighted by atomic mass is 32.2. The molecule has 5 heteroatoms. The molecule has 19 heavy (non-hydrogen) atoms. The Balaban J connectivity index is 2.19. The summed E-state index contributed by atoms with van der Waals surface area (Å²) in [5.41, 5.74) is 0.983. The lowest BCUT2D eigenvalue weighted by Crippen LogP contribution is -2.54. The largest absolute Gasteiger partial charge is 0.316 e. The number of hydrogen-bond donors (Lipinski definition) is 2. The Bertz CT molecular complexity index is 535. The van der Waals surface area contributed by atoms with Crippen LogP contribution in [0.25, 0.3) is 0 Å². The van der Waals surface area contributed by atoms with Crippen LogP contribution in [0, 0.1) is 12.3 Å². The molecular weight excluding hydrogens is 260 g/mol. The lowest BCUT2D eigenvalue weighted by molar-refractivity contribution is 0.206. The van der Waals surface area contributed by atoms with Gasteiger partial charge in [-0.1, -0.05) is 31.5 Å². The van der Waals surface area contributed by atoms with E-state index in [1.165, 1.54) is 0 Å². The van der Waals surface area contributed by atoms with Crippen molar-refractivity contribution in [3.63, 3.8) is 0 Å². The molecule has 0 aliphatic carbocycles. The molecule has 1 aliphatic rings. The second-order valence-electron chi connectivity index (χ2n) is 5.94. The topological polar surface area (TPSA) is 58.2 Å². The van der Waals surface area contributed by atoms with E-state index >= 15 is 0 Å². The van der Waals surface area contributed by atoms with Crippen molar-refractivity contribution in [2.75, 3.05) is 13.1 Å². The minimum Gasteiger partial charge on any atom is -0.316 e. The highest BCUT2D eigenvalue weighted by molar-refractivity contribution is 7.89. The van der Waals surface area contributed by atoms with E-state index < -0.39 is 10.0 Å². The highest BCUT2D eigenvalue weighted by Crippen LogP contribution is 2.26. The summed E-state index contributed by atoms with van der Waals surface area (Å²) in [5.74, 6) is 0. The van der Waals surface area contributed by atoms with Gasteiger partial charge in [-0.25, -0.2) is 13.1 Å². The molecule has 2 rings (SSSR count). The zero-order chi connectivity index (χ0) is 14.1. The van der Waals surface area contributed by atoms with Crippen molar-refractivity contribution < 1.29 is 8.42 Å². The van der Waals surface area contributed by atoms with Gasteiger partial charge in [0, 0.05) is 12.6 Å². The van der Waals surface area contributed by atoms with E-state index in [2.05, 4.69) is 23.9 Å². The number of nitrogens with one attached hydrogen (secondary N) is 2. The first-order valence-electron chi connectivity index (χ1n) is 6.61. The third kappa shape index (κ3) is 3.35. The lowest BCUT2D eigenvalue weighted by atomic mass is 9.81. The molecule has 0 radical (unpaired) electrons. The Kier molecular flexibility index (Phi) is 3.99. The Labute approximate surface area is 115 Å². The normalized spacial score (nSPS) is 23.2. The van der Waals surface area contributed by atoms with E-state index in [1.54, 1.807) is 12.1 Å². The zero-order valence-electron chi connectivity index (χ0n) is 11.7. The van der Waals surface area contributed by atoms with Crippen LogP contribution < -0.4 is 10.0 Å². The molecule has 1 fully saturated rings. The average Bonchev–Trinajstić information content (AvgIpc) is 2.32. The van der Waals surface area contributed by atoms with Crippen molar-refractivity contribution in [2.45, 2.75) is 38.1 Å². The van der Waals surface area contributed by atoms with Crippen molar-refractivity contribution in [2.24, 2.45) is 5.41 Å². The van der Waals surface area contributed by atoms with E-state index in [0.717, 1.165) is 25.1 Å². The van der Waals surface area contributed by atoms with E-state index in [4.69, 9.17) is 0 Å². The van der Waals surface area contributed by atoms with Crippen molar-refractivity contribution >= 4 is 10.0 Å². The van der Waals surface area contributed by atoms with Crippen LogP contribution in [0.2, 0.25) is 0 Å². The molecule has 1 aromatic carbocycles. The third-order valence-electron chi connectivity index (χ3n) is 3.76. The number of hydrogen-bond acceptors (Lipinski definition) is 3. The van der Waals surface area contributed by atoms with Gasteiger partial charge < -0.3 is 5.32 Å². The van der Waals surface area contributed by atoms with Crippen LogP contribution in [0.1, 0.15) is 25.8 Å². The number of sulfonamides is 1. The highest BCUT2D eigenvalue weighted by Gasteiger charge is 2.35. The summed E-state index contributed by atoms with van der Waals surface area (Å²) in [7, 11) is -3.43. The Morgan fingerprint density at radius 2 is 1.89 bits per heavy atom. The molecule has 0 amide bonds. The fraction of sp³-hybridized carbons (Fsp3) is 0.571. The first kappa shape index (κ1) is 14.5. The van der Waals surface area contributed by atoms with Gasteiger partial charge in [-0.05, 0) is 37.4 Å². The van der Waals surface area contributed by atoms with E-state index in [0.29, 0.717) is 4.90 Å². The predicted molar refractivity (Wildman–Crippen MR) is 76.6 cm³/mol. The molecule has 0 saturated carbocycles. The predicted octanol–water partition coefficient (Wildman–Crippen LogP) is 1.66. The van der Waals surface area contributed by atoms with Crippen molar-refractivity contribution in [3.8, 4) is 0 Å². The third-order valence-corrected chi connectivity index (χ3v) is 5.25. The van der Waals surface area contributed by atoms with E-state index in [-0.39, 0.29) is 11.5 Å². The molecular formula is C14H22N2O2S. The monoisotopic (exact) mass is 282 g/mol. The second kappa shape index (κ2) is 5.23. The van der Waals surface area contributed by atoms with Gasteiger partial charge in [0.2, 0.25) is 10.0 Å². The van der Waals surface area contributed by atoms with Crippen molar-refractivity contribution in [1.29, 1.82) is 0 Å². The SMILES string of the molecule is Cc1ccc(S(=O)(=O)NC2CCNCC2(C)C)cc1. The summed E-state index contributed by atoms with van der Waals surface area (Å²) in [6.07, 6.45) is 0.818. The van der Waals surface area contributed by atoms with Gasteiger partial charge in [0.05, 0.1) is 4.90 Å². The van der Waals surface area contributed by atoms with Crippen LogP contribution in [-0.2, 0) is 10.0 Å². The maximum absolute atomic E-state index is 12.4. The molecule has 1 heterocycles. The Hall–Kier alpha value is -0.910. The van der Waals surface area contributed by atoms with Crippen LogP contribution in [0.3, 0.4) is 0 Å². The summed E-state index contributed by atoms with van der Waals surface area (Å²) in [6.45, 7) is 7.79. The fourth-order valence-corrected chi connectivity index (χ4v) is 3.80. The van der Waals surface area contributed by atoms with Crippen molar-refractivity contribution in [1.82, 2.24) is 10.0 Å². The molecule has 1 aromatic rings. The number of piperidine rings is 1. The van der Waals surface area contributed by atoms with Crippen LogP contribution in [0.4, 0.5) is 0 Å². The quantitative estimate of drug-likeness (QED) is 0.886. The molecule has 1 unspecified atom stereocenters. The average molecular weight is 282 g/mol. The second-order valence-corrected chi connectivity index (χ2v) is 7.65. The van der Waals surface area contributed by atoms with Gasteiger partial charge in [0.15, 0.2) is 0 Å². The minimum absolute atomic E-state index is 0.0277. The zero-order valence-corrected chi connectivity index (χ0v) is 12.5. The molecule has 0 bridgehead atoms. The van der Waals surface area contributed by atoms with Gasteiger partial charge >= 0.3 is 0 Å². The fourth-order valence-electron chi connectivity index (χ4n) is 2.36. The molecule has 0 spiro atoms. The maximum atomic E-state index is 12.4. The molecule has 0 aromatic heterocycles. The van der Waals surface area contributed by atoms with Crippen LogP contribution in [0.5, 0.6) is 0 Å². The molecule has 1 aliphatic heterocycles. The Morgan fingerprint density at radius 1 is 1.26 bits per heavy atom. The van der Waals surface area contributed by atoms with Crippen LogP contribution in [0.15, 0.2) is 29.2 Å². The summed E-state index contributed by atoms with van der Waals surface area (Å²) in [5, 5.41) is 3.30. The van der Waals surface area contributed by atoms with Gasteiger partial charge in [0.25, 0.3) is 0 Å². The number of aryl methyl sites for hydroxylation is 1.